The predicted molar refractivity (Wildman–Crippen MR) is 83.7 cm³/mol. The molecule has 1 aliphatic rings. The highest BCUT2D eigenvalue weighted by atomic mass is 35.5. The minimum absolute atomic E-state index is 0.171. The van der Waals surface area contributed by atoms with Crippen molar-refractivity contribution in [2.24, 2.45) is 0 Å². The van der Waals surface area contributed by atoms with Gasteiger partial charge in [-0.25, -0.2) is 0 Å². The van der Waals surface area contributed by atoms with Crippen LogP contribution in [0.2, 0.25) is 5.02 Å². The molecule has 1 fully saturated rings. The summed E-state index contributed by atoms with van der Waals surface area (Å²) in [6, 6.07) is 0.171. The lowest BCUT2D eigenvalue weighted by Crippen LogP contribution is -2.30. The number of hydrogen-bond donors (Lipinski definition) is 1. The zero-order valence-corrected chi connectivity index (χ0v) is 13.7. The summed E-state index contributed by atoms with van der Waals surface area (Å²) < 4.78 is 13.0. The number of nitrogens with one attached hydrogen (secondary N) is 1. The van der Waals surface area contributed by atoms with Gasteiger partial charge in [0.1, 0.15) is 0 Å². The van der Waals surface area contributed by atoms with Gasteiger partial charge in [0.2, 0.25) is 0 Å². The lowest BCUT2D eigenvalue weighted by Gasteiger charge is -2.28. The van der Waals surface area contributed by atoms with Gasteiger partial charge >= 0.3 is 0 Å². The van der Waals surface area contributed by atoms with Crippen molar-refractivity contribution in [1.82, 2.24) is 15.1 Å². The van der Waals surface area contributed by atoms with Crippen LogP contribution in [-0.2, 0) is 16.0 Å². The van der Waals surface area contributed by atoms with E-state index in [0.717, 1.165) is 31.7 Å². The molecule has 5 nitrogen and oxygen atoms in total. The molecule has 2 atom stereocenters. The van der Waals surface area contributed by atoms with Crippen molar-refractivity contribution in [1.29, 1.82) is 0 Å². The van der Waals surface area contributed by atoms with E-state index < -0.39 is 0 Å². The lowest BCUT2D eigenvalue weighted by molar-refractivity contribution is 0.00456. The summed E-state index contributed by atoms with van der Waals surface area (Å²) in [6.07, 6.45) is 6.52. The van der Waals surface area contributed by atoms with Crippen molar-refractivity contribution in [2.45, 2.75) is 51.3 Å². The summed E-state index contributed by atoms with van der Waals surface area (Å²) in [7, 11) is 1.70. The summed E-state index contributed by atoms with van der Waals surface area (Å²) in [5.41, 5.74) is 1.05. The average Bonchev–Trinajstić information content (AvgIpc) is 2.86. The molecule has 0 radical (unpaired) electrons. The van der Waals surface area contributed by atoms with E-state index in [1.54, 1.807) is 13.3 Å². The minimum atomic E-state index is 0.171. The van der Waals surface area contributed by atoms with Gasteiger partial charge in [-0.2, -0.15) is 5.10 Å². The summed E-state index contributed by atoms with van der Waals surface area (Å²) in [5.74, 6) is 0. The van der Waals surface area contributed by atoms with Crippen LogP contribution in [-0.4, -0.2) is 42.8 Å². The smallest absolute Gasteiger partial charge is 0.0834 e. The summed E-state index contributed by atoms with van der Waals surface area (Å²) in [5, 5.41) is 8.61. The number of nitrogens with zero attached hydrogens (tertiary/aromatic N) is 2. The first-order valence-corrected chi connectivity index (χ1v) is 8.19. The monoisotopic (exact) mass is 315 g/mol. The van der Waals surface area contributed by atoms with Crippen molar-refractivity contribution >= 4 is 11.6 Å². The van der Waals surface area contributed by atoms with Gasteiger partial charge in [-0.15, -0.1) is 0 Å². The van der Waals surface area contributed by atoms with Crippen molar-refractivity contribution in [3.05, 3.63) is 16.9 Å². The zero-order chi connectivity index (χ0) is 15.1. The van der Waals surface area contributed by atoms with Gasteiger partial charge in [-0.1, -0.05) is 18.5 Å². The summed E-state index contributed by atoms with van der Waals surface area (Å²) in [4.78, 5) is 0. The third-order valence-electron chi connectivity index (χ3n) is 3.89. The maximum absolute atomic E-state index is 6.37. The van der Waals surface area contributed by atoms with Crippen LogP contribution >= 0.6 is 11.6 Å². The molecule has 120 valence electrons. The van der Waals surface area contributed by atoms with Gasteiger partial charge in [-0.05, 0) is 32.2 Å². The van der Waals surface area contributed by atoms with E-state index in [1.165, 1.54) is 12.8 Å². The largest absolute Gasteiger partial charge is 0.383 e. The predicted octanol–water partition coefficient (Wildman–Crippen LogP) is 2.79. The highest BCUT2D eigenvalue weighted by Gasteiger charge is 2.25. The molecule has 2 unspecified atom stereocenters. The normalized spacial score (nSPS) is 20.6. The van der Waals surface area contributed by atoms with Gasteiger partial charge in [-0.3, -0.25) is 4.68 Å². The Morgan fingerprint density at radius 2 is 2.43 bits per heavy atom. The molecule has 0 aliphatic carbocycles. The van der Waals surface area contributed by atoms with Crippen LogP contribution in [0, 0.1) is 0 Å². The Morgan fingerprint density at radius 1 is 1.57 bits per heavy atom. The molecule has 1 aliphatic heterocycles. The number of ether oxygens (including phenoxy) is 2. The lowest BCUT2D eigenvalue weighted by atomic mass is 9.99. The van der Waals surface area contributed by atoms with Crippen molar-refractivity contribution < 1.29 is 9.47 Å². The van der Waals surface area contributed by atoms with Crippen molar-refractivity contribution in [3.8, 4) is 0 Å². The highest BCUT2D eigenvalue weighted by molar-refractivity contribution is 6.31. The van der Waals surface area contributed by atoms with E-state index in [9.17, 15) is 0 Å². The second-order valence-corrected chi connectivity index (χ2v) is 5.84. The maximum Gasteiger partial charge on any atom is 0.0834 e. The Bertz CT molecular complexity index is 419. The van der Waals surface area contributed by atoms with Gasteiger partial charge in [0.25, 0.3) is 0 Å². The fraction of sp³-hybridized carbons (Fsp3) is 0.800. The molecular formula is C15H26ClN3O2. The first-order chi connectivity index (χ1) is 10.3. The number of hydrogen-bond acceptors (Lipinski definition) is 4. The Morgan fingerprint density at radius 3 is 3.10 bits per heavy atom. The van der Waals surface area contributed by atoms with Gasteiger partial charge in [0.15, 0.2) is 0 Å². The molecule has 1 saturated heterocycles. The quantitative estimate of drug-likeness (QED) is 0.801. The summed E-state index contributed by atoms with van der Waals surface area (Å²) in [6.45, 7) is 5.22. The molecule has 21 heavy (non-hydrogen) atoms. The molecular weight excluding hydrogens is 290 g/mol. The van der Waals surface area contributed by atoms with E-state index in [0.29, 0.717) is 24.3 Å². The fourth-order valence-electron chi connectivity index (χ4n) is 2.87. The molecule has 1 aromatic rings. The molecule has 0 bridgehead atoms. The SMILES string of the molecule is CCNC(CC1CCCCO1)c1c(Cl)cnn1CCOC. The first kappa shape index (κ1) is 16.7. The Kier molecular flexibility index (Phi) is 6.96. The van der Waals surface area contributed by atoms with Gasteiger partial charge in [0.05, 0.1) is 42.2 Å². The number of halogens is 1. The Balaban J connectivity index is 2.10. The molecule has 2 heterocycles. The third kappa shape index (κ3) is 4.68. The van der Waals surface area contributed by atoms with Gasteiger partial charge < -0.3 is 14.8 Å². The molecule has 0 amide bonds. The third-order valence-corrected chi connectivity index (χ3v) is 4.18. The second kappa shape index (κ2) is 8.73. The van der Waals surface area contributed by atoms with E-state index in [2.05, 4.69) is 17.3 Å². The first-order valence-electron chi connectivity index (χ1n) is 7.81. The van der Waals surface area contributed by atoms with Crippen LogP contribution in [0.25, 0.3) is 0 Å². The van der Waals surface area contributed by atoms with Crippen LogP contribution in [0.5, 0.6) is 0 Å². The Labute approximate surface area is 131 Å². The number of methoxy groups -OCH3 is 1. The second-order valence-electron chi connectivity index (χ2n) is 5.43. The molecule has 1 N–H and O–H groups in total. The van der Waals surface area contributed by atoms with Crippen LogP contribution < -0.4 is 5.32 Å². The van der Waals surface area contributed by atoms with Crippen LogP contribution in [0.15, 0.2) is 6.20 Å². The average molecular weight is 316 g/mol. The number of rotatable bonds is 8. The molecule has 0 saturated carbocycles. The maximum atomic E-state index is 6.37. The van der Waals surface area contributed by atoms with Crippen molar-refractivity contribution in [2.75, 3.05) is 26.9 Å². The van der Waals surface area contributed by atoms with Crippen LogP contribution in [0.1, 0.15) is 44.3 Å². The topological polar surface area (TPSA) is 48.3 Å². The zero-order valence-electron chi connectivity index (χ0n) is 13.0. The standard InChI is InChI=1S/C15H26ClN3O2/c1-3-17-14(10-12-6-4-5-8-21-12)15-13(16)11-18-19(15)7-9-20-2/h11-12,14,17H,3-10H2,1-2H3. The van der Waals surface area contributed by atoms with Crippen molar-refractivity contribution in [3.63, 3.8) is 0 Å². The highest BCUT2D eigenvalue weighted by Crippen LogP contribution is 2.29. The molecule has 0 aromatic carbocycles. The van der Waals surface area contributed by atoms with Gasteiger partial charge in [0, 0.05) is 13.7 Å². The molecule has 1 aromatic heterocycles. The number of aromatic nitrogens is 2. The molecule has 0 spiro atoms. The van der Waals surface area contributed by atoms with Crippen LogP contribution in [0.3, 0.4) is 0 Å². The van der Waals surface area contributed by atoms with Crippen LogP contribution in [0.4, 0.5) is 0 Å². The van der Waals surface area contributed by atoms with E-state index in [-0.39, 0.29) is 6.04 Å². The summed E-state index contributed by atoms with van der Waals surface area (Å²) >= 11 is 6.37. The van der Waals surface area contributed by atoms with E-state index in [4.69, 9.17) is 21.1 Å². The molecule has 2 rings (SSSR count). The Hall–Kier alpha value is -0.620. The van der Waals surface area contributed by atoms with E-state index in [1.807, 2.05) is 4.68 Å². The minimum Gasteiger partial charge on any atom is -0.383 e. The molecule has 6 heteroatoms. The van der Waals surface area contributed by atoms with E-state index >= 15 is 0 Å². The fourth-order valence-corrected chi connectivity index (χ4v) is 3.14.